The van der Waals surface area contributed by atoms with E-state index in [9.17, 15) is 0 Å². The number of aliphatic imine (C=N–C) groups is 1. The maximum atomic E-state index is 4.64. The Morgan fingerprint density at radius 3 is 2.50 bits per heavy atom. The highest BCUT2D eigenvalue weighted by atomic mass is 15.2. The third kappa shape index (κ3) is 2.17. The highest BCUT2D eigenvalue weighted by Gasteiger charge is 2.30. The van der Waals surface area contributed by atoms with E-state index in [2.05, 4.69) is 16.8 Å². The molecule has 0 radical (unpaired) electrons. The fourth-order valence-corrected chi connectivity index (χ4v) is 2.96. The molecule has 0 amide bonds. The van der Waals surface area contributed by atoms with Crippen molar-refractivity contribution in [2.75, 3.05) is 13.1 Å². The van der Waals surface area contributed by atoms with Crippen molar-refractivity contribution in [3.8, 4) is 0 Å². The van der Waals surface area contributed by atoms with Gasteiger partial charge in [0.25, 0.3) is 0 Å². The van der Waals surface area contributed by atoms with Gasteiger partial charge in [0, 0.05) is 6.04 Å². The van der Waals surface area contributed by atoms with Gasteiger partial charge in [0.15, 0.2) is 0 Å². The molecule has 1 saturated heterocycles. The van der Waals surface area contributed by atoms with Crippen LogP contribution in [0.2, 0.25) is 0 Å². The topological polar surface area (TPSA) is 15.6 Å². The standard InChI is InChI=1S/C12H22N2/c1-2-13-11-7-3-4-8-12(11)14-9-5-6-10-14/h2,11-12H,3-10H2,1H3/b13-2+/t11-,12-/m0/s1. The van der Waals surface area contributed by atoms with Gasteiger partial charge in [0.1, 0.15) is 0 Å². The second-order valence-corrected chi connectivity index (χ2v) is 4.57. The highest BCUT2D eigenvalue weighted by molar-refractivity contribution is 5.53. The summed E-state index contributed by atoms with van der Waals surface area (Å²) in [6, 6.07) is 1.37. The second-order valence-electron chi connectivity index (χ2n) is 4.57. The summed E-state index contributed by atoms with van der Waals surface area (Å²) in [6.07, 6.45) is 10.3. The molecule has 0 bridgehead atoms. The van der Waals surface area contributed by atoms with Crippen molar-refractivity contribution in [3.63, 3.8) is 0 Å². The van der Waals surface area contributed by atoms with Crippen LogP contribution in [0.25, 0.3) is 0 Å². The first-order valence-electron chi connectivity index (χ1n) is 6.13. The lowest BCUT2D eigenvalue weighted by Crippen LogP contribution is -2.43. The van der Waals surface area contributed by atoms with E-state index in [0.717, 1.165) is 6.04 Å². The van der Waals surface area contributed by atoms with Crippen LogP contribution in [0.15, 0.2) is 4.99 Å². The Bertz CT molecular complexity index is 194. The predicted molar refractivity (Wildman–Crippen MR) is 61.0 cm³/mol. The SMILES string of the molecule is C/C=N/[C@H]1CCCC[C@@H]1N1CCCC1. The van der Waals surface area contributed by atoms with Crippen LogP contribution in [0, 0.1) is 0 Å². The molecule has 1 saturated carbocycles. The lowest BCUT2D eigenvalue weighted by Gasteiger charge is -2.35. The van der Waals surface area contributed by atoms with Crippen molar-refractivity contribution in [1.82, 2.24) is 4.90 Å². The van der Waals surface area contributed by atoms with Crippen LogP contribution in [0.4, 0.5) is 0 Å². The van der Waals surface area contributed by atoms with E-state index in [4.69, 9.17) is 0 Å². The average molecular weight is 194 g/mol. The molecule has 0 aromatic heterocycles. The zero-order chi connectivity index (χ0) is 9.80. The number of hydrogen-bond donors (Lipinski definition) is 0. The minimum absolute atomic E-state index is 0.604. The largest absolute Gasteiger partial charge is 0.298 e. The first-order valence-corrected chi connectivity index (χ1v) is 6.13. The van der Waals surface area contributed by atoms with Crippen molar-refractivity contribution in [2.24, 2.45) is 4.99 Å². The van der Waals surface area contributed by atoms with Crippen LogP contribution in [-0.2, 0) is 0 Å². The summed E-state index contributed by atoms with van der Waals surface area (Å²) in [6.45, 7) is 4.69. The number of hydrogen-bond acceptors (Lipinski definition) is 2. The summed E-state index contributed by atoms with van der Waals surface area (Å²) < 4.78 is 0. The van der Waals surface area contributed by atoms with Gasteiger partial charge in [-0.15, -0.1) is 0 Å². The molecule has 1 aliphatic carbocycles. The molecular formula is C12H22N2. The van der Waals surface area contributed by atoms with E-state index >= 15 is 0 Å². The summed E-state index contributed by atoms with van der Waals surface area (Å²) in [4.78, 5) is 7.32. The summed E-state index contributed by atoms with van der Waals surface area (Å²) >= 11 is 0. The minimum Gasteiger partial charge on any atom is -0.298 e. The summed E-state index contributed by atoms with van der Waals surface area (Å²) in [7, 11) is 0. The quantitative estimate of drug-likeness (QED) is 0.617. The Hall–Kier alpha value is -0.370. The Labute approximate surface area is 87.4 Å². The monoisotopic (exact) mass is 194 g/mol. The molecule has 2 aliphatic rings. The zero-order valence-corrected chi connectivity index (χ0v) is 9.28. The Kier molecular flexibility index (Phi) is 3.57. The van der Waals surface area contributed by atoms with Crippen molar-refractivity contribution in [2.45, 2.75) is 57.5 Å². The summed E-state index contributed by atoms with van der Waals surface area (Å²) in [5.74, 6) is 0. The smallest absolute Gasteiger partial charge is 0.0650 e. The molecule has 0 N–H and O–H groups in total. The summed E-state index contributed by atoms with van der Waals surface area (Å²) in [5.41, 5.74) is 0. The molecule has 14 heavy (non-hydrogen) atoms. The molecule has 2 nitrogen and oxygen atoms in total. The Balaban J connectivity index is 1.97. The molecule has 0 spiro atoms. The van der Waals surface area contributed by atoms with E-state index in [1.165, 1.54) is 51.6 Å². The van der Waals surface area contributed by atoms with E-state index in [-0.39, 0.29) is 0 Å². The fourth-order valence-electron chi connectivity index (χ4n) is 2.96. The minimum atomic E-state index is 0.604. The van der Waals surface area contributed by atoms with E-state index < -0.39 is 0 Å². The van der Waals surface area contributed by atoms with Crippen LogP contribution >= 0.6 is 0 Å². The lowest BCUT2D eigenvalue weighted by molar-refractivity contribution is 0.169. The fraction of sp³-hybridized carbons (Fsp3) is 0.917. The Morgan fingerprint density at radius 2 is 1.79 bits per heavy atom. The van der Waals surface area contributed by atoms with Gasteiger partial charge in [-0.1, -0.05) is 12.8 Å². The molecule has 80 valence electrons. The first-order chi connectivity index (χ1) is 6.92. The van der Waals surface area contributed by atoms with Crippen LogP contribution in [-0.4, -0.2) is 36.3 Å². The van der Waals surface area contributed by atoms with E-state index in [1.807, 2.05) is 6.21 Å². The van der Waals surface area contributed by atoms with Gasteiger partial charge >= 0.3 is 0 Å². The van der Waals surface area contributed by atoms with Gasteiger partial charge in [-0.3, -0.25) is 9.89 Å². The normalized spacial score (nSPS) is 35.5. The molecule has 2 rings (SSSR count). The lowest BCUT2D eigenvalue weighted by atomic mass is 9.90. The van der Waals surface area contributed by atoms with Crippen LogP contribution < -0.4 is 0 Å². The second kappa shape index (κ2) is 4.92. The predicted octanol–water partition coefficient (Wildman–Crippen LogP) is 2.48. The van der Waals surface area contributed by atoms with E-state index in [1.54, 1.807) is 0 Å². The number of likely N-dealkylation sites (tertiary alicyclic amines) is 1. The van der Waals surface area contributed by atoms with Gasteiger partial charge in [-0.2, -0.15) is 0 Å². The van der Waals surface area contributed by atoms with Gasteiger partial charge in [0.2, 0.25) is 0 Å². The molecule has 2 fully saturated rings. The maximum absolute atomic E-state index is 4.64. The number of nitrogens with zero attached hydrogens (tertiary/aromatic N) is 2. The number of rotatable bonds is 2. The summed E-state index contributed by atoms with van der Waals surface area (Å²) in [5, 5.41) is 0. The van der Waals surface area contributed by atoms with Crippen molar-refractivity contribution >= 4 is 6.21 Å². The third-order valence-electron chi connectivity index (χ3n) is 3.64. The van der Waals surface area contributed by atoms with E-state index in [0.29, 0.717) is 6.04 Å². The molecule has 0 unspecified atom stereocenters. The molecule has 2 atom stereocenters. The van der Waals surface area contributed by atoms with Gasteiger partial charge in [-0.05, 0) is 51.9 Å². The average Bonchev–Trinajstić information content (AvgIpc) is 2.72. The highest BCUT2D eigenvalue weighted by Crippen LogP contribution is 2.27. The Morgan fingerprint density at radius 1 is 1.07 bits per heavy atom. The molecule has 2 heteroatoms. The maximum Gasteiger partial charge on any atom is 0.0650 e. The van der Waals surface area contributed by atoms with Gasteiger partial charge < -0.3 is 0 Å². The van der Waals surface area contributed by atoms with Crippen molar-refractivity contribution < 1.29 is 0 Å². The van der Waals surface area contributed by atoms with Gasteiger partial charge in [0.05, 0.1) is 6.04 Å². The van der Waals surface area contributed by atoms with Crippen LogP contribution in [0.5, 0.6) is 0 Å². The van der Waals surface area contributed by atoms with Crippen molar-refractivity contribution in [1.29, 1.82) is 0 Å². The first kappa shape index (κ1) is 10.2. The molecule has 1 aliphatic heterocycles. The van der Waals surface area contributed by atoms with Crippen LogP contribution in [0.1, 0.15) is 45.4 Å². The van der Waals surface area contributed by atoms with Crippen LogP contribution in [0.3, 0.4) is 0 Å². The van der Waals surface area contributed by atoms with Gasteiger partial charge in [-0.25, -0.2) is 0 Å². The third-order valence-corrected chi connectivity index (χ3v) is 3.64. The molecule has 0 aromatic carbocycles. The van der Waals surface area contributed by atoms with Crippen molar-refractivity contribution in [3.05, 3.63) is 0 Å². The molecule has 1 heterocycles. The molecular weight excluding hydrogens is 172 g/mol. The molecule has 0 aromatic rings. The zero-order valence-electron chi connectivity index (χ0n) is 9.28.